The molecule has 6 aliphatic heterocycles. The van der Waals surface area contributed by atoms with E-state index in [1.165, 1.54) is 6.20 Å². The van der Waals surface area contributed by atoms with Gasteiger partial charge in [-0.2, -0.15) is 10.5 Å². The molecule has 616 valence electrons. The van der Waals surface area contributed by atoms with E-state index in [4.69, 9.17) is 53.8 Å². The lowest BCUT2D eigenvalue weighted by molar-refractivity contribution is -0.164. The van der Waals surface area contributed by atoms with Crippen molar-refractivity contribution in [1.82, 2.24) is 56.3 Å². The van der Waals surface area contributed by atoms with Crippen molar-refractivity contribution in [3.05, 3.63) is 153 Å². The number of piperazine rings is 2. The number of benzene rings is 2. The maximum atomic E-state index is 13.4. The van der Waals surface area contributed by atoms with Crippen LogP contribution in [0.15, 0.2) is 110 Å². The van der Waals surface area contributed by atoms with Crippen LogP contribution in [0.1, 0.15) is 167 Å². The number of carboxylic acid groups (broad SMARTS) is 1. The first-order valence-electron chi connectivity index (χ1n) is 39.4. The molecule has 6 aromatic rings. The van der Waals surface area contributed by atoms with Gasteiger partial charge in [0, 0.05) is 163 Å². The van der Waals surface area contributed by atoms with Gasteiger partial charge in [-0.15, -0.1) is 0 Å². The van der Waals surface area contributed by atoms with Gasteiger partial charge in [0.15, 0.2) is 0 Å². The van der Waals surface area contributed by atoms with Crippen LogP contribution in [0.4, 0.5) is 23.0 Å². The van der Waals surface area contributed by atoms with Gasteiger partial charge in [0.1, 0.15) is 71.0 Å². The highest BCUT2D eigenvalue weighted by atomic mass is 35.5. The number of aromatic nitrogens is 4. The molecule has 0 bridgehead atoms. The molecule has 8 N–H and O–H groups in total. The lowest BCUT2D eigenvalue weighted by Crippen LogP contribution is -2.74. The number of rotatable bonds is 19. The van der Waals surface area contributed by atoms with Crippen LogP contribution in [-0.4, -0.2) is 210 Å². The van der Waals surface area contributed by atoms with E-state index in [0.717, 1.165) is 140 Å². The lowest BCUT2D eigenvalue weighted by atomic mass is 9.49. The van der Waals surface area contributed by atoms with E-state index in [1.807, 2.05) is 30.3 Å². The summed E-state index contributed by atoms with van der Waals surface area (Å²) in [7, 11) is 0. The number of halogens is 2. The summed E-state index contributed by atoms with van der Waals surface area (Å²) >= 11 is 12.3. The number of pyridine rings is 4. The van der Waals surface area contributed by atoms with Gasteiger partial charge in [-0.25, -0.2) is 24.7 Å². The number of nitrogens with one attached hydrogen (secondary N) is 5. The molecule has 2 aliphatic carbocycles. The Hall–Kier alpha value is -10.6. The number of piperidine rings is 4. The molecule has 2 saturated carbocycles. The maximum absolute atomic E-state index is 13.4. The average Bonchev–Trinajstić information content (AvgIpc) is 0.712. The molecule has 8 aliphatic rings. The first-order valence-corrected chi connectivity index (χ1v) is 40.1. The summed E-state index contributed by atoms with van der Waals surface area (Å²) in [5, 5.41) is 40.9. The van der Waals surface area contributed by atoms with E-state index in [2.05, 4.69) is 132 Å². The number of anilines is 4. The van der Waals surface area contributed by atoms with Crippen molar-refractivity contribution >= 4 is 93.5 Å². The summed E-state index contributed by atoms with van der Waals surface area (Å²) in [6.07, 6.45) is 11.6. The van der Waals surface area contributed by atoms with Gasteiger partial charge >= 0.3 is 5.97 Å². The van der Waals surface area contributed by atoms with E-state index < -0.39 is 41.7 Å². The zero-order valence-corrected chi connectivity index (χ0v) is 67.8. The second-order valence-electron chi connectivity index (χ2n) is 33.5. The Kier molecular flexibility index (Phi) is 27.3. The number of nitriles is 2. The fourth-order valence-electron chi connectivity index (χ4n) is 17.8. The number of aromatic carboxylic acids is 1. The Labute approximate surface area is 687 Å². The molecular formula is C85H106Cl2N18O11. The number of nitrogens with two attached hydrogens (primary N) is 1. The van der Waals surface area contributed by atoms with E-state index in [-0.39, 0.29) is 114 Å². The number of ether oxygens (including phenoxy) is 2. The van der Waals surface area contributed by atoms with Crippen molar-refractivity contribution in [2.24, 2.45) is 39.2 Å². The minimum absolute atomic E-state index is 0. The highest BCUT2D eigenvalue weighted by molar-refractivity contribution is 6.32. The van der Waals surface area contributed by atoms with Gasteiger partial charge in [-0.05, 0) is 123 Å². The summed E-state index contributed by atoms with van der Waals surface area (Å²) in [6.45, 7) is 29.8. The molecule has 29 nitrogen and oxygen atoms in total. The van der Waals surface area contributed by atoms with E-state index in [0.29, 0.717) is 50.1 Å². The predicted molar refractivity (Wildman–Crippen MR) is 441 cm³/mol. The van der Waals surface area contributed by atoms with E-state index in [9.17, 15) is 43.6 Å². The van der Waals surface area contributed by atoms with Crippen molar-refractivity contribution in [3.63, 3.8) is 0 Å². The molecule has 14 rings (SSSR count). The average molecular weight is 1630 g/mol. The minimum Gasteiger partial charge on any atom is -0.489 e. The van der Waals surface area contributed by atoms with Crippen LogP contribution in [0.5, 0.6) is 11.5 Å². The van der Waals surface area contributed by atoms with Crippen LogP contribution >= 0.6 is 23.2 Å². The maximum Gasteiger partial charge on any atom is 0.337 e. The van der Waals surface area contributed by atoms with Gasteiger partial charge in [0.2, 0.25) is 23.6 Å². The first kappa shape index (κ1) is 86.3. The van der Waals surface area contributed by atoms with Crippen LogP contribution in [0.25, 0.3) is 0 Å². The summed E-state index contributed by atoms with van der Waals surface area (Å²) in [5.74, 6) is 0.597. The van der Waals surface area contributed by atoms with E-state index in [1.54, 1.807) is 79.3 Å². The third kappa shape index (κ3) is 19.9. The summed E-state index contributed by atoms with van der Waals surface area (Å²) < 4.78 is 12.4. The molecule has 2 aromatic carbocycles. The van der Waals surface area contributed by atoms with Crippen LogP contribution in [0.3, 0.4) is 0 Å². The molecule has 31 heteroatoms. The minimum atomic E-state index is -0.962. The Morgan fingerprint density at radius 3 is 1.24 bits per heavy atom. The van der Waals surface area contributed by atoms with Crippen molar-refractivity contribution in [3.8, 4) is 23.6 Å². The molecule has 8 fully saturated rings. The van der Waals surface area contributed by atoms with Gasteiger partial charge in [0.05, 0.1) is 56.1 Å². The number of hydrogen-bond donors (Lipinski definition) is 7. The molecule has 6 saturated heterocycles. The lowest BCUT2D eigenvalue weighted by Gasteiger charge is -2.63. The second-order valence-corrected chi connectivity index (χ2v) is 34.3. The number of imide groups is 2. The molecule has 0 spiro atoms. The Morgan fingerprint density at radius 2 is 0.897 bits per heavy atom. The van der Waals surface area contributed by atoms with Crippen molar-refractivity contribution in [2.75, 3.05) is 111 Å². The summed E-state index contributed by atoms with van der Waals surface area (Å²) in [6, 6.07) is 27.1. The standard InChI is InChI=1S/C42H50ClN9O5.C27H33N7O5.C15H19ClN2O.CH4/c1-41(2)39(42(3,4)40(41)57-30-8-5-27(22-44)31(43)21-30)49-36(54)28-6-11-34(46-23-28)52-15-13-26(14-16-52)25-50-17-19-51(20-18-50)29-7-9-32(45-24-29)37(55)47-33-10-12-35(53)48-38(33)56;35-24-6-4-22(26(37)31-24)30-25(36)21-3-2-20(16-28-21)33-13-11-32(12-14-33)17-18-7-9-34(10-8-18)23-5-1-19(15-29-23)27(38)39;1-14(2)12(18)15(3,4)13(14)19-10-6-5-9(8-17)11(16)7-10;/h5-9,11,21,23-24,26,33,39-40H,10,12-20,25H2,1-4H3,(H,47,55)(H,49,54)(H,48,53,56);1-3,5,15-16,18,22H,4,6-14,17H2,(H,30,36)(H,38,39)(H,31,35,37);5-7,12-13H,18H2,1-4H3;1H4. The normalized spacial score (nSPS) is 23.0. The zero-order valence-electron chi connectivity index (χ0n) is 66.3. The molecule has 4 aromatic heterocycles. The zero-order chi connectivity index (χ0) is 82.3. The SMILES string of the molecule is C.CC1(C)C(N)C(C)(C)C1Oc1ccc(C#N)c(Cl)c1.CC1(C)C(NC(=O)c2ccc(N3CCC(CN4CCN(c5ccc(C(=O)NC6CCC(=O)NC6=O)nc5)CC4)CC3)nc2)C(C)(C)C1Oc1ccc(C#N)c(Cl)c1.O=C1CCC(NC(=O)c2ccc(N3CCN(CC4CCN(c5ccc(C(=O)O)cn5)CC4)CC3)cn2)C(=O)N1. The highest BCUT2D eigenvalue weighted by Crippen LogP contribution is 2.56. The van der Waals surface area contributed by atoms with Gasteiger partial charge < -0.3 is 55.9 Å². The fraction of sp³-hybridized carbons (Fsp3) is 0.506. The molecule has 10 heterocycles. The number of carboxylic acids is 1. The summed E-state index contributed by atoms with van der Waals surface area (Å²) in [4.78, 5) is 128. The van der Waals surface area contributed by atoms with Crippen LogP contribution in [-0.2, 0) is 19.2 Å². The smallest absolute Gasteiger partial charge is 0.337 e. The first-order chi connectivity index (χ1) is 54.8. The van der Waals surface area contributed by atoms with Crippen molar-refractivity contribution in [2.45, 2.75) is 151 Å². The van der Waals surface area contributed by atoms with E-state index >= 15 is 0 Å². The molecular weight excluding hydrogens is 1520 g/mol. The molecule has 116 heavy (non-hydrogen) atoms. The Balaban J connectivity index is 0.000000192. The monoisotopic (exact) mass is 1620 g/mol. The van der Waals surface area contributed by atoms with Crippen LogP contribution < -0.4 is 61.4 Å². The highest BCUT2D eigenvalue weighted by Gasteiger charge is 2.64. The van der Waals surface area contributed by atoms with Crippen molar-refractivity contribution < 1.29 is 52.9 Å². The second kappa shape index (κ2) is 36.7. The van der Waals surface area contributed by atoms with Gasteiger partial charge in [-0.1, -0.05) is 86.0 Å². The molecule has 7 amide bonds. The number of nitrogens with zero attached hydrogens (tertiary/aromatic N) is 12. The molecule has 0 radical (unpaired) electrons. The fourth-order valence-corrected chi connectivity index (χ4v) is 18.2. The number of amides is 7. The predicted octanol–water partition coefficient (Wildman–Crippen LogP) is 8.92. The quantitative estimate of drug-likeness (QED) is 0.0372. The van der Waals surface area contributed by atoms with Crippen LogP contribution in [0, 0.1) is 56.2 Å². The number of hydrogen-bond acceptors (Lipinski definition) is 23. The van der Waals surface area contributed by atoms with Crippen molar-refractivity contribution in [1.29, 1.82) is 10.5 Å². The number of carbonyl (C=O) groups excluding carboxylic acids is 7. The molecule has 2 atom stereocenters. The largest absolute Gasteiger partial charge is 0.489 e. The topological polar surface area (TPSA) is 380 Å². The third-order valence-corrected chi connectivity index (χ3v) is 24.8. The third-order valence-electron chi connectivity index (χ3n) is 24.1. The Bertz CT molecular complexity index is 4610. The van der Waals surface area contributed by atoms with Crippen LogP contribution in [0.2, 0.25) is 10.0 Å². The van der Waals surface area contributed by atoms with Gasteiger partial charge in [0.25, 0.3) is 17.7 Å². The Morgan fingerprint density at radius 1 is 0.500 bits per heavy atom. The number of carbonyl (C=O) groups is 8. The van der Waals surface area contributed by atoms with Gasteiger partial charge in [-0.3, -0.25) is 54.0 Å². The summed E-state index contributed by atoms with van der Waals surface area (Å²) in [5.41, 5.74) is 9.28. The molecule has 2 unspecified atom stereocenters.